The fourth-order valence-corrected chi connectivity index (χ4v) is 1.40. The number of aromatic amines is 1. The maximum atomic E-state index is 11.5. The van der Waals surface area contributed by atoms with Crippen LogP contribution in [0.4, 0.5) is 0 Å². The lowest BCUT2D eigenvalue weighted by Crippen LogP contribution is -2.17. The maximum Gasteiger partial charge on any atom is 0.254 e. The van der Waals surface area contributed by atoms with Gasteiger partial charge in [-0.05, 0) is 26.7 Å². The first-order chi connectivity index (χ1) is 6.15. The van der Waals surface area contributed by atoms with E-state index in [0.717, 1.165) is 30.5 Å². The van der Waals surface area contributed by atoms with Gasteiger partial charge in [-0.15, -0.1) is 0 Å². The van der Waals surface area contributed by atoms with Crippen LogP contribution in [0.1, 0.15) is 36.8 Å². The van der Waals surface area contributed by atoms with Gasteiger partial charge in [0.1, 0.15) is 5.82 Å². The third kappa shape index (κ3) is 2.41. The molecule has 1 heterocycles. The number of hydrogen-bond acceptors (Lipinski definition) is 2. The zero-order valence-electron chi connectivity index (χ0n) is 8.48. The number of aryl methyl sites for hydroxylation is 2. The number of H-pyrrole nitrogens is 1. The van der Waals surface area contributed by atoms with Crippen molar-refractivity contribution in [2.24, 2.45) is 0 Å². The monoisotopic (exact) mass is 180 g/mol. The van der Waals surface area contributed by atoms with Crippen molar-refractivity contribution in [3.63, 3.8) is 0 Å². The smallest absolute Gasteiger partial charge is 0.254 e. The molecule has 1 aromatic heterocycles. The zero-order valence-corrected chi connectivity index (χ0v) is 8.48. The second kappa shape index (κ2) is 4.21. The Hall–Kier alpha value is -1.12. The standard InChI is InChI=1S/C10H16N2O/c1-4-5-6-9-7(2)11-8(3)12-10(9)13/h4-6H2,1-3H3,(H,11,12,13). The van der Waals surface area contributed by atoms with E-state index < -0.39 is 0 Å². The number of nitrogens with zero attached hydrogens (tertiary/aromatic N) is 1. The molecule has 1 aromatic rings. The van der Waals surface area contributed by atoms with Crippen LogP contribution in [0.15, 0.2) is 4.79 Å². The van der Waals surface area contributed by atoms with Crippen molar-refractivity contribution in [1.82, 2.24) is 9.97 Å². The first-order valence-electron chi connectivity index (χ1n) is 4.71. The molecule has 0 saturated heterocycles. The highest BCUT2D eigenvalue weighted by molar-refractivity contribution is 5.16. The summed E-state index contributed by atoms with van der Waals surface area (Å²) in [5.74, 6) is 0.697. The van der Waals surface area contributed by atoms with Gasteiger partial charge < -0.3 is 4.98 Å². The van der Waals surface area contributed by atoms with Crippen molar-refractivity contribution in [3.8, 4) is 0 Å². The van der Waals surface area contributed by atoms with Gasteiger partial charge in [0.05, 0.1) is 0 Å². The molecule has 0 aliphatic rings. The molecule has 0 atom stereocenters. The van der Waals surface area contributed by atoms with Gasteiger partial charge in [0.15, 0.2) is 0 Å². The molecule has 0 saturated carbocycles. The van der Waals surface area contributed by atoms with E-state index in [9.17, 15) is 4.79 Å². The molecule has 1 rings (SSSR count). The predicted octanol–water partition coefficient (Wildman–Crippen LogP) is 1.73. The molecule has 0 radical (unpaired) electrons. The summed E-state index contributed by atoms with van der Waals surface area (Å²) in [7, 11) is 0. The second-order valence-electron chi connectivity index (χ2n) is 3.32. The lowest BCUT2D eigenvalue weighted by Gasteiger charge is -2.03. The van der Waals surface area contributed by atoms with Crippen molar-refractivity contribution in [2.75, 3.05) is 0 Å². The minimum atomic E-state index is 0.0263. The minimum Gasteiger partial charge on any atom is -0.311 e. The van der Waals surface area contributed by atoms with Gasteiger partial charge in [-0.2, -0.15) is 0 Å². The van der Waals surface area contributed by atoms with Crippen LogP contribution in [0.5, 0.6) is 0 Å². The molecule has 0 amide bonds. The van der Waals surface area contributed by atoms with Gasteiger partial charge in [-0.25, -0.2) is 4.98 Å². The van der Waals surface area contributed by atoms with E-state index in [1.165, 1.54) is 0 Å². The molecule has 0 aliphatic heterocycles. The van der Waals surface area contributed by atoms with E-state index in [1.54, 1.807) is 6.92 Å². The summed E-state index contributed by atoms with van der Waals surface area (Å²) < 4.78 is 0. The van der Waals surface area contributed by atoms with Crippen molar-refractivity contribution in [2.45, 2.75) is 40.0 Å². The summed E-state index contributed by atoms with van der Waals surface area (Å²) in [4.78, 5) is 18.4. The first kappa shape index (κ1) is 9.96. The van der Waals surface area contributed by atoms with Crippen LogP contribution < -0.4 is 5.56 Å². The summed E-state index contributed by atoms with van der Waals surface area (Å²) >= 11 is 0. The van der Waals surface area contributed by atoms with E-state index >= 15 is 0 Å². The highest BCUT2D eigenvalue weighted by atomic mass is 16.1. The van der Waals surface area contributed by atoms with Crippen molar-refractivity contribution < 1.29 is 0 Å². The lowest BCUT2D eigenvalue weighted by atomic mass is 10.1. The Balaban J connectivity index is 2.99. The highest BCUT2D eigenvalue weighted by Gasteiger charge is 2.04. The lowest BCUT2D eigenvalue weighted by molar-refractivity contribution is 0.769. The van der Waals surface area contributed by atoms with Gasteiger partial charge in [-0.1, -0.05) is 13.3 Å². The molecule has 3 heteroatoms. The molecule has 0 aromatic carbocycles. The van der Waals surface area contributed by atoms with Gasteiger partial charge >= 0.3 is 0 Å². The Kier molecular flexibility index (Phi) is 3.23. The first-order valence-corrected chi connectivity index (χ1v) is 4.71. The molecule has 72 valence electrons. The molecule has 0 bridgehead atoms. The second-order valence-corrected chi connectivity index (χ2v) is 3.32. The quantitative estimate of drug-likeness (QED) is 0.770. The summed E-state index contributed by atoms with van der Waals surface area (Å²) in [6.07, 6.45) is 2.99. The molecule has 3 nitrogen and oxygen atoms in total. The molecule has 0 fully saturated rings. The third-order valence-electron chi connectivity index (χ3n) is 2.12. The maximum absolute atomic E-state index is 11.5. The Morgan fingerprint density at radius 2 is 2.08 bits per heavy atom. The Morgan fingerprint density at radius 3 is 2.62 bits per heavy atom. The average Bonchev–Trinajstić information content (AvgIpc) is 2.02. The predicted molar refractivity (Wildman–Crippen MR) is 52.9 cm³/mol. The zero-order chi connectivity index (χ0) is 9.84. The fourth-order valence-electron chi connectivity index (χ4n) is 1.40. The molecule has 0 unspecified atom stereocenters. The van der Waals surface area contributed by atoms with Crippen molar-refractivity contribution in [1.29, 1.82) is 0 Å². The van der Waals surface area contributed by atoms with E-state index in [1.807, 2.05) is 6.92 Å². The van der Waals surface area contributed by atoms with Crippen LogP contribution >= 0.6 is 0 Å². The normalized spacial score (nSPS) is 10.4. The van der Waals surface area contributed by atoms with E-state index in [4.69, 9.17) is 0 Å². The number of unbranched alkanes of at least 4 members (excludes halogenated alkanes) is 1. The van der Waals surface area contributed by atoms with Gasteiger partial charge in [0, 0.05) is 11.3 Å². The van der Waals surface area contributed by atoms with E-state index in [2.05, 4.69) is 16.9 Å². The Labute approximate surface area is 78.2 Å². The Morgan fingerprint density at radius 1 is 1.38 bits per heavy atom. The number of aromatic nitrogens is 2. The number of hydrogen-bond donors (Lipinski definition) is 1. The minimum absolute atomic E-state index is 0.0263. The largest absolute Gasteiger partial charge is 0.311 e. The molecule has 13 heavy (non-hydrogen) atoms. The molecule has 0 spiro atoms. The van der Waals surface area contributed by atoms with Crippen LogP contribution in [0.2, 0.25) is 0 Å². The Bertz CT molecular complexity index is 341. The summed E-state index contributed by atoms with van der Waals surface area (Å²) in [6, 6.07) is 0. The van der Waals surface area contributed by atoms with Crippen LogP contribution in [0.3, 0.4) is 0 Å². The fraction of sp³-hybridized carbons (Fsp3) is 0.600. The topological polar surface area (TPSA) is 45.8 Å². The SMILES string of the molecule is CCCCc1c(C)nc(C)[nH]c1=O. The van der Waals surface area contributed by atoms with Crippen molar-refractivity contribution in [3.05, 3.63) is 27.4 Å². The van der Waals surface area contributed by atoms with Gasteiger partial charge in [0.25, 0.3) is 5.56 Å². The summed E-state index contributed by atoms with van der Waals surface area (Å²) in [6.45, 7) is 5.82. The highest BCUT2D eigenvalue weighted by Crippen LogP contribution is 2.03. The van der Waals surface area contributed by atoms with Crippen LogP contribution in [0, 0.1) is 13.8 Å². The number of nitrogens with one attached hydrogen (secondary N) is 1. The van der Waals surface area contributed by atoms with Crippen molar-refractivity contribution >= 4 is 0 Å². The number of rotatable bonds is 3. The molecular weight excluding hydrogens is 164 g/mol. The molecule has 0 aliphatic carbocycles. The summed E-state index contributed by atoms with van der Waals surface area (Å²) in [5.41, 5.74) is 1.74. The van der Waals surface area contributed by atoms with Crippen LogP contribution in [0.25, 0.3) is 0 Å². The van der Waals surface area contributed by atoms with E-state index in [0.29, 0.717) is 5.82 Å². The van der Waals surface area contributed by atoms with Crippen LogP contribution in [-0.4, -0.2) is 9.97 Å². The summed E-state index contributed by atoms with van der Waals surface area (Å²) in [5, 5.41) is 0. The molecular formula is C10H16N2O. The van der Waals surface area contributed by atoms with Gasteiger partial charge in [0.2, 0.25) is 0 Å². The average molecular weight is 180 g/mol. The molecule has 1 N–H and O–H groups in total. The van der Waals surface area contributed by atoms with Gasteiger partial charge in [-0.3, -0.25) is 4.79 Å². The van der Waals surface area contributed by atoms with Crippen LogP contribution in [-0.2, 0) is 6.42 Å². The third-order valence-corrected chi connectivity index (χ3v) is 2.12. The van der Waals surface area contributed by atoms with E-state index in [-0.39, 0.29) is 5.56 Å².